The second-order valence-electron chi connectivity index (χ2n) is 5.14. The molecule has 3 N–H and O–H groups in total. The molecule has 0 radical (unpaired) electrons. The lowest BCUT2D eigenvalue weighted by Crippen LogP contribution is -2.09. The SMILES string of the molecule is O=S(=O)(c1ccc(F)cc1)c1nc(Nc2cc[nH]n2)c2cc[nH]c2n1. The standard InChI is InChI=1S/C15H11FN6O2S/c16-9-1-3-10(4-2-9)25(23,24)15-20-13-11(5-7-17-13)14(21-15)19-12-6-8-18-22-12/h1-8H,(H3,17,18,19,20,21,22). The van der Waals surface area contributed by atoms with Gasteiger partial charge in [-0.1, -0.05) is 0 Å². The summed E-state index contributed by atoms with van der Waals surface area (Å²) in [5, 5.41) is 9.78. The summed E-state index contributed by atoms with van der Waals surface area (Å²) in [7, 11) is -4.00. The number of halogens is 1. The average molecular weight is 358 g/mol. The monoisotopic (exact) mass is 358 g/mol. The quantitative estimate of drug-likeness (QED) is 0.381. The Hall–Kier alpha value is -3.27. The highest BCUT2D eigenvalue weighted by Gasteiger charge is 2.23. The number of rotatable bonds is 4. The van der Waals surface area contributed by atoms with Gasteiger partial charge in [-0.25, -0.2) is 12.8 Å². The first-order chi connectivity index (χ1) is 12.0. The lowest BCUT2D eigenvalue weighted by molar-refractivity contribution is 0.586. The van der Waals surface area contributed by atoms with Gasteiger partial charge in [0.25, 0.3) is 5.16 Å². The van der Waals surface area contributed by atoms with E-state index in [1.807, 2.05) is 0 Å². The van der Waals surface area contributed by atoms with Gasteiger partial charge in [0.05, 0.1) is 10.3 Å². The van der Waals surface area contributed by atoms with Gasteiger partial charge in [-0.15, -0.1) is 0 Å². The summed E-state index contributed by atoms with van der Waals surface area (Å²) in [6.07, 6.45) is 3.25. The molecular weight excluding hydrogens is 347 g/mol. The summed E-state index contributed by atoms with van der Waals surface area (Å²) < 4.78 is 38.6. The topological polar surface area (TPSA) is 116 Å². The largest absolute Gasteiger partial charge is 0.346 e. The molecule has 0 fully saturated rings. The van der Waals surface area contributed by atoms with Crippen LogP contribution in [0.5, 0.6) is 0 Å². The van der Waals surface area contributed by atoms with E-state index < -0.39 is 20.8 Å². The molecule has 0 spiro atoms. The van der Waals surface area contributed by atoms with Gasteiger partial charge >= 0.3 is 0 Å². The molecule has 0 aliphatic heterocycles. The number of aromatic amines is 2. The van der Waals surface area contributed by atoms with Gasteiger partial charge in [-0.2, -0.15) is 15.1 Å². The lowest BCUT2D eigenvalue weighted by Gasteiger charge is -2.08. The Morgan fingerprint density at radius 3 is 2.52 bits per heavy atom. The highest BCUT2D eigenvalue weighted by molar-refractivity contribution is 7.91. The Bertz CT molecular complexity index is 1140. The van der Waals surface area contributed by atoms with E-state index in [4.69, 9.17) is 0 Å². The third-order valence-corrected chi connectivity index (χ3v) is 5.06. The van der Waals surface area contributed by atoms with E-state index in [0.29, 0.717) is 22.7 Å². The molecule has 3 heterocycles. The molecule has 0 atom stereocenters. The molecule has 4 aromatic rings. The van der Waals surface area contributed by atoms with Gasteiger partial charge in [0.2, 0.25) is 9.84 Å². The van der Waals surface area contributed by atoms with Crippen LogP contribution in [0, 0.1) is 5.82 Å². The minimum atomic E-state index is -4.00. The molecule has 3 aromatic heterocycles. The third kappa shape index (κ3) is 2.72. The molecule has 0 aliphatic rings. The molecule has 8 nitrogen and oxygen atoms in total. The summed E-state index contributed by atoms with van der Waals surface area (Å²) in [5.74, 6) is 0.242. The van der Waals surface area contributed by atoms with Crippen LogP contribution in [0.3, 0.4) is 0 Å². The summed E-state index contributed by atoms with van der Waals surface area (Å²) in [6.45, 7) is 0. The van der Waals surface area contributed by atoms with Crippen LogP contribution < -0.4 is 5.32 Å². The molecule has 126 valence electrons. The number of nitrogens with zero attached hydrogens (tertiary/aromatic N) is 3. The molecule has 10 heteroatoms. The van der Waals surface area contributed by atoms with Crippen molar-refractivity contribution in [2.45, 2.75) is 10.1 Å². The van der Waals surface area contributed by atoms with Crippen LogP contribution in [0.25, 0.3) is 11.0 Å². The van der Waals surface area contributed by atoms with E-state index in [9.17, 15) is 12.8 Å². The molecule has 25 heavy (non-hydrogen) atoms. The fraction of sp³-hybridized carbons (Fsp3) is 0. The predicted octanol–water partition coefficient (Wildman–Crippen LogP) is 2.40. The zero-order valence-electron chi connectivity index (χ0n) is 12.6. The Balaban J connectivity index is 1.86. The van der Waals surface area contributed by atoms with Crippen molar-refractivity contribution >= 4 is 32.5 Å². The molecular formula is C15H11FN6O2S. The van der Waals surface area contributed by atoms with Crippen molar-refractivity contribution in [3.05, 3.63) is 54.6 Å². The number of nitrogens with one attached hydrogen (secondary N) is 3. The van der Waals surface area contributed by atoms with E-state index in [-0.39, 0.29) is 4.90 Å². The molecule has 4 rings (SSSR count). The number of sulfone groups is 1. The van der Waals surface area contributed by atoms with Crippen molar-refractivity contribution in [3.8, 4) is 0 Å². The van der Waals surface area contributed by atoms with Crippen LogP contribution in [0.1, 0.15) is 0 Å². The summed E-state index contributed by atoms with van der Waals surface area (Å²) in [5.41, 5.74) is 0.355. The molecule has 0 aliphatic carbocycles. The van der Waals surface area contributed by atoms with Gasteiger partial charge in [-0.05, 0) is 30.3 Å². The molecule has 0 bridgehead atoms. The van der Waals surface area contributed by atoms with Crippen LogP contribution in [-0.4, -0.2) is 33.6 Å². The smallest absolute Gasteiger partial charge is 0.256 e. The minimum Gasteiger partial charge on any atom is -0.346 e. The van der Waals surface area contributed by atoms with Gasteiger partial charge in [0.1, 0.15) is 17.3 Å². The van der Waals surface area contributed by atoms with Crippen molar-refractivity contribution < 1.29 is 12.8 Å². The van der Waals surface area contributed by atoms with Crippen LogP contribution >= 0.6 is 0 Å². The van der Waals surface area contributed by atoms with Gasteiger partial charge in [0.15, 0.2) is 5.82 Å². The number of hydrogen-bond acceptors (Lipinski definition) is 6. The summed E-state index contributed by atoms with van der Waals surface area (Å²) >= 11 is 0. The molecule has 0 amide bonds. The zero-order chi connectivity index (χ0) is 17.4. The fourth-order valence-corrected chi connectivity index (χ4v) is 3.43. The van der Waals surface area contributed by atoms with Crippen LogP contribution in [0.2, 0.25) is 0 Å². The number of hydrogen-bond donors (Lipinski definition) is 3. The van der Waals surface area contributed by atoms with E-state index in [0.717, 1.165) is 12.1 Å². The summed E-state index contributed by atoms with van der Waals surface area (Å²) in [4.78, 5) is 11.0. The van der Waals surface area contributed by atoms with Crippen molar-refractivity contribution in [2.24, 2.45) is 0 Å². The average Bonchev–Trinajstić information content (AvgIpc) is 3.26. The van der Waals surface area contributed by atoms with Crippen LogP contribution in [0.4, 0.5) is 16.0 Å². The highest BCUT2D eigenvalue weighted by Crippen LogP contribution is 2.26. The normalized spacial score (nSPS) is 11.7. The molecule has 0 saturated heterocycles. The molecule has 0 saturated carbocycles. The Morgan fingerprint density at radius 1 is 1.00 bits per heavy atom. The first-order valence-corrected chi connectivity index (χ1v) is 8.65. The molecule has 1 aromatic carbocycles. The Kier molecular flexibility index (Phi) is 3.46. The first-order valence-electron chi connectivity index (χ1n) is 7.16. The first kappa shape index (κ1) is 15.3. The molecule has 0 unspecified atom stereocenters. The fourth-order valence-electron chi connectivity index (χ4n) is 2.31. The highest BCUT2D eigenvalue weighted by atomic mass is 32.2. The van der Waals surface area contributed by atoms with Crippen molar-refractivity contribution in [3.63, 3.8) is 0 Å². The Morgan fingerprint density at radius 2 is 1.80 bits per heavy atom. The number of anilines is 2. The third-order valence-electron chi connectivity index (χ3n) is 3.51. The predicted molar refractivity (Wildman–Crippen MR) is 87.6 cm³/mol. The maximum absolute atomic E-state index is 13.1. The number of H-pyrrole nitrogens is 2. The van der Waals surface area contributed by atoms with E-state index in [2.05, 4.69) is 30.5 Å². The van der Waals surface area contributed by atoms with Crippen molar-refractivity contribution in [1.29, 1.82) is 0 Å². The second-order valence-corrected chi connectivity index (χ2v) is 6.98. The minimum absolute atomic E-state index is 0.0921. The number of benzene rings is 1. The van der Waals surface area contributed by atoms with Crippen molar-refractivity contribution in [1.82, 2.24) is 25.1 Å². The lowest BCUT2D eigenvalue weighted by atomic mass is 10.3. The van der Waals surface area contributed by atoms with Crippen molar-refractivity contribution in [2.75, 3.05) is 5.32 Å². The van der Waals surface area contributed by atoms with Crippen LogP contribution in [0.15, 0.2) is 58.8 Å². The van der Waals surface area contributed by atoms with Crippen LogP contribution in [-0.2, 0) is 9.84 Å². The number of aromatic nitrogens is 5. The maximum Gasteiger partial charge on any atom is 0.256 e. The summed E-state index contributed by atoms with van der Waals surface area (Å²) in [6, 6.07) is 7.89. The van der Waals surface area contributed by atoms with E-state index in [1.165, 1.54) is 12.1 Å². The zero-order valence-corrected chi connectivity index (χ0v) is 13.4. The van der Waals surface area contributed by atoms with Gasteiger partial charge in [0, 0.05) is 18.5 Å². The van der Waals surface area contributed by atoms with E-state index >= 15 is 0 Å². The maximum atomic E-state index is 13.1. The van der Waals surface area contributed by atoms with Gasteiger partial charge in [-0.3, -0.25) is 5.10 Å². The second kappa shape index (κ2) is 5.67. The van der Waals surface area contributed by atoms with E-state index in [1.54, 1.807) is 24.5 Å². The van der Waals surface area contributed by atoms with Gasteiger partial charge < -0.3 is 10.3 Å². The Labute approximate surface area is 141 Å². The number of fused-ring (bicyclic) bond motifs is 1.